The molecule has 0 aromatic carbocycles. The normalized spacial score (nSPS) is 6.57. The molecule has 0 spiro atoms. The molecule has 0 saturated heterocycles. The van der Waals surface area contributed by atoms with Crippen molar-refractivity contribution in [1.29, 1.82) is 0 Å². The highest BCUT2D eigenvalue weighted by Gasteiger charge is 1.84. The van der Waals surface area contributed by atoms with Crippen LogP contribution in [0, 0.1) is 11.3 Å². The highest BCUT2D eigenvalue weighted by Crippen LogP contribution is 1.75. The van der Waals surface area contributed by atoms with Crippen LogP contribution in [0.5, 0.6) is 0 Å². The lowest BCUT2D eigenvalue weighted by Gasteiger charge is -1.72. The third-order valence-corrected chi connectivity index (χ3v) is 0.602. The number of ketones is 1. The zero-order valence-corrected chi connectivity index (χ0v) is 4.75. The molecule has 0 amide bonds. The van der Waals surface area contributed by atoms with E-state index in [-0.39, 0.29) is 5.78 Å². The smallest absolute Gasteiger partial charge is 0.206 e. The van der Waals surface area contributed by atoms with E-state index < -0.39 is 0 Å². The summed E-state index contributed by atoms with van der Waals surface area (Å²) in [6.07, 6.45) is 0.444. The maximum atomic E-state index is 10.2. The fourth-order valence-electron chi connectivity index (χ4n) is 0.141. The molecule has 0 atom stereocenters. The fourth-order valence-corrected chi connectivity index (χ4v) is 0.246. The van der Waals surface area contributed by atoms with Crippen molar-refractivity contribution >= 4 is 17.4 Å². The number of rotatable bonds is 1. The summed E-state index contributed by atoms with van der Waals surface area (Å²) in [6, 6.07) is 0. The van der Waals surface area contributed by atoms with Gasteiger partial charge in [0.15, 0.2) is 0 Å². The Hall–Kier alpha value is -0.480. The third kappa shape index (κ3) is 3.35. The first-order valence-electron chi connectivity index (χ1n) is 1.95. The van der Waals surface area contributed by atoms with Crippen LogP contribution >= 0.6 is 11.6 Å². The van der Waals surface area contributed by atoms with Gasteiger partial charge in [0.25, 0.3) is 0 Å². The Kier molecular flexibility index (Phi) is 3.45. The summed E-state index contributed by atoms with van der Waals surface area (Å²) < 4.78 is 0. The molecule has 0 radical (unpaired) electrons. The molecule has 7 heavy (non-hydrogen) atoms. The molecule has 0 N–H and O–H groups in total. The van der Waals surface area contributed by atoms with E-state index in [0.29, 0.717) is 6.42 Å². The van der Waals surface area contributed by atoms with Gasteiger partial charge in [0.05, 0.1) is 0 Å². The highest BCUT2D eigenvalue weighted by molar-refractivity contribution is 6.31. The molecule has 0 aliphatic carbocycles. The maximum absolute atomic E-state index is 10.2. The standard InChI is InChI=1S/C5H5ClO/c1-2-5(7)3-4-6/h2H2,1H3. The largest absolute Gasteiger partial charge is 0.285 e. The van der Waals surface area contributed by atoms with Crippen LogP contribution in [0.4, 0.5) is 0 Å². The van der Waals surface area contributed by atoms with Crippen molar-refractivity contribution in [2.24, 2.45) is 0 Å². The van der Waals surface area contributed by atoms with Crippen LogP contribution in [0.2, 0.25) is 0 Å². The summed E-state index contributed by atoms with van der Waals surface area (Å²) in [5.74, 6) is 2.06. The van der Waals surface area contributed by atoms with E-state index in [9.17, 15) is 4.79 Å². The van der Waals surface area contributed by atoms with Gasteiger partial charge < -0.3 is 0 Å². The Morgan fingerprint density at radius 2 is 2.43 bits per heavy atom. The van der Waals surface area contributed by atoms with Crippen molar-refractivity contribution < 1.29 is 4.79 Å². The van der Waals surface area contributed by atoms with Crippen LogP contribution < -0.4 is 0 Å². The van der Waals surface area contributed by atoms with Gasteiger partial charge in [0.2, 0.25) is 5.78 Å². The monoisotopic (exact) mass is 116 g/mol. The number of Topliss-reactive ketones (excluding diaryl/α,β-unsaturated/α-hetero) is 1. The van der Waals surface area contributed by atoms with Crippen molar-refractivity contribution in [2.45, 2.75) is 13.3 Å². The van der Waals surface area contributed by atoms with E-state index in [1.54, 1.807) is 6.92 Å². The Morgan fingerprint density at radius 3 is 2.57 bits per heavy atom. The van der Waals surface area contributed by atoms with Crippen molar-refractivity contribution in [3.63, 3.8) is 0 Å². The Labute approximate surface area is 47.7 Å². The summed E-state index contributed by atoms with van der Waals surface area (Å²) in [5.41, 5.74) is 0. The minimum atomic E-state index is -0.116. The van der Waals surface area contributed by atoms with E-state index in [1.807, 2.05) is 5.38 Å². The van der Waals surface area contributed by atoms with Crippen LogP contribution in [-0.2, 0) is 4.79 Å². The summed E-state index contributed by atoms with van der Waals surface area (Å²) in [6.45, 7) is 1.74. The summed E-state index contributed by atoms with van der Waals surface area (Å²) >= 11 is 4.89. The van der Waals surface area contributed by atoms with E-state index in [0.717, 1.165) is 0 Å². The Bertz CT molecular complexity index is 118. The molecule has 0 saturated carbocycles. The molecule has 0 aliphatic heterocycles. The van der Waals surface area contributed by atoms with Gasteiger partial charge >= 0.3 is 0 Å². The van der Waals surface area contributed by atoms with Gasteiger partial charge in [-0.2, -0.15) is 0 Å². The first-order chi connectivity index (χ1) is 3.31. The fraction of sp³-hybridized carbons (Fsp3) is 0.400. The van der Waals surface area contributed by atoms with Crippen molar-refractivity contribution in [2.75, 3.05) is 0 Å². The minimum absolute atomic E-state index is 0.116. The van der Waals surface area contributed by atoms with E-state index >= 15 is 0 Å². The average Bonchev–Trinajstić information content (AvgIpc) is 1.68. The maximum Gasteiger partial charge on any atom is 0.206 e. The molecule has 0 aromatic heterocycles. The second kappa shape index (κ2) is 3.70. The van der Waals surface area contributed by atoms with Crippen molar-refractivity contribution in [3.8, 4) is 11.3 Å². The quantitative estimate of drug-likeness (QED) is 0.470. The molecule has 0 aromatic rings. The predicted octanol–water partition coefficient (Wildman–Crippen LogP) is 1.17. The number of halogens is 1. The van der Waals surface area contributed by atoms with Gasteiger partial charge in [0, 0.05) is 11.8 Å². The Balaban J connectivity index is 3.52. The molecule has 0 unspecified atom stereocenters. The molecule has 0 rings (SSSR count). The molecule has 0 heterocycles. The van der Waals surface area contributed by atoms with Crippen molar-refractivity contribution in [1.82, 2.24) is 0 Å². The van der Waals surface area contributed by atoms with Gasteiger partial charge in [-0.15, -0.1) is 0 Å². The third-order valence-electron chi connectivity index (χ3n) is 0.508. The predicted molar refractivity (Wildman–Crippen MR) is 28.9 cm³/mol. The van der Waals surface area contributed by atoms with Crippen LogP contribution in [0.25, 0.3) is 0 Å². The Morgan fingerprint density at radius 1 is 1.86 bits per heavy atom. The first kappa shape index (κ1) is 6.52. The molecular formula is C5H5ClO. The SMILES string of the molecule is CCC(=O)C#CCl. The average molecular weight is 117 g/mol. The molecule has 0 aliphatic rings. The van der Waals surface area contributed by atoms with Gasteiger partial charge in [0.1, 0.15) is 0 Å². The number of hydrogen-bond donors (Lipinski definition) is 0. The second-order valence-electron chi connectivity index (χ2n) is 0.996. The van der Waals surface area contributed by atoms with Gasteiger partial charge in [-0.05, 0) is 17.5 Å². The van der Waals surface area contributed by atoms with Crippen molar-refractivity contribution in [3.05, 3.63) is 0 Å². The second-order valence-corrected chi connectivity index (χ2v) is 1.19. The summed E-state index contributed by atoms with van der Waals surface area (Å²) in [7, 11) is 0. The summed E-state index contributed by atoms with van der Waals surface area (Å²) in [5, 5.41) is 1.99. The lowest BCUT2D eigenvalue weighted by molar-refractivity contribution is -0.113. The van der Waals surface area contributed by atoms with Gasteiger partial charge in [-0.3, -0.25) is 4.79 Å². The molecule has 2 heteroatoms. The topological polar surface area (TPSA) is 17.1 Å². The zero-order valence-electron chi connectivity index (χ0n) is 3.99. The molecule has 38 valence electrons. The van der Waals surface area contributed by atoms with E-state index in [1.165, 1.54) is 0 Å². The zero-order chi connectivity index (χ0) is 5.70. The number of hydrogen-bond acceptors (Lipinski definition) is 1. The minimum Gasteiger partial charge on any atom is -0.285 e. The molecule has 1 nitrogen and oxygen atoms in total. The van der Waals surface area contributed by atoms with Crippen LogP contribution in [0.15, 0.2) is 0 Å². The van der Waals surface area contributed by atoms with E-state index in [4.69, 9.17) is 11.6 Å². The summed E-state index contributed by atoms with van der Waals surface area (Å²) in [4.78, 5) is 10.2. The van der Waals surface area contributed by atoms with Crippen LogP contribution in [0.1, 0.15) is 13.3 Å². The number of carbonyl (C=O) groups is 1. The van der Waals surface area contributed by atoms with Crippen LogP contribution in [-0.4, -0.2) is 5.78 Å². The highest BCUT2D eigenvalue weighted by atomic mass is 35.5. The van der Waals surface area contributed by atoms with E-state index in [2.05, 4.69) is 5.92 Å². The molecule has 0 fully saturated rings. The first-order valence-corrected chi connectivity index (χ1v) is 2.33. The lowest BCUT2D eigenvalue weighted by atomic mass is 10.3. The molecule has 0 bridgehead atoms. The number of carbonyl (C=O) groups excluding carboxylic acids is 1. The molecular weight excluding hydrogens is 112 g/mol. The lowest BCUT2D eigenvalue weighted by Crippen LogP contribution is -1.85. The van der Waals surface area contributed by atoms with Gasteiger partial charge in [-0.1, -0.05) is 6.92 Å². The van der Waals surface area contributed by atoms with Crippen LogP contribution in [0.3, 0.4) is 0 Å². The van der Waals surface area contributed by atoms with Gasteiger partial charge in [-0.25, -0.2) is 0 Å².